The monoisotopic (exact) mass is 401 g/mol. The summed E-state index contributed by atoms with van der Waals surface area (Å²) in [6.45, 7) is 0. The molecule has 1 aromatic heterocycles. The second-order valence-electron chi connectivity index (χ2n) is 4.25. The molecule has 0 aliphatic heterocycles. The van der Waals surface area contributed by atoms with E-state index in [1.54, 1.807) is 18.2 Å². The van der Waals surface area contributed by atoms with Gasteiger partial charge in [0.1, 0.15) is 5.82 Å². The summed E-state index contributed by atoms with van der Waals surface area (Å²) in [6.07, 6.45) is 1.51. The van der Waals surface area contributed by atoms with Crippen LogP contribution in [0.3, 0.4) is 0 Å². The second kappa shape index (κ2) is 4.85. The third-order valence-corrected chi connectivity index (χ3v) is 5.53. The van der Waals surface area contributed by atoms with Gasteiger partial charge in [-0.05, 0) is 52.9 Å². The number of aromatic nitrogens is 1. The van der Waals surface area contributed by atoms with Crippen molar-refractivity contribution in [2.45, 2.75) is 4.90 Å². The lowest BCUT2D eigenvalue weighted by Gasteiger charge is -2.07. The molecule has 0 bridgehead atoms. The van der Waals surface area contributed by atoms with E-state index < -0.39 is 10.0 Å². The van der Waals surface area contributed by atoms with Gasteiger partial charge in [-0.1, -0.05) is 18.2 Å². The third-order valence-electron chi connectivity index (χ3n) is 2.98. The maximum atomic E-state index is 13.3. The highest BCUT2D eigenvalue weighted by atomic mass is 127. The zero-order valence-electron chi connectivity index (χ0n) is 10.1. The van der Waals surface area contributed by atoms with Crippen molar-refractivity contribution in [3.05, 3.63) is 64.1 Å². The van der Waals surface area contributed by atoms with E-state index >= 15 is 0 Å². The summed E-state index contributed by atoms with van der Waals surface area (Å²) in [4.78, 5) is 0.206. The fraction of sp³-hybridized carbons (Fsp3) is 0. The van der Waals surface area contributed by atoms with Gasteiger partial charge in [-0.15, -0.1) is 0 Å². The molecule has 3 nitrogen and oxygen atoms in total. The maximum absolute atomic E-state index is 13.3. The number of hydrogen-bond acceptors (Lipinski definition) is 2. The first-order chi connectivity index (χ1) is 9.50. The van der Waals surface area contributed by atoms with Crippen molar-refractivity contribution >= 4 is 43.5 Å². The van der Waals surface area contributed by atoms with Gasteiger partial charge < -0.3 is 0 Å². The Morgan fingerprint density at radius 3 is 2.45 bits per heavy atom. The smallest absolute Gasteiger partial charge is 0.240 e. The van der Waals surface area contributed by atoms with Crippen LogP contribution in [0.1, 0.15) is 0 Å². The van der Waals surface area contributed by atoms with Crippen LogP contribution in [0.25, 0.3) is 10.9 Å². The minimum atomic E-state index is -3.67. The lowest BCUT2D eigenvalue weighted by molar-refractivity contribution is 0.589. The Bertz CT molecular complexity index is 888. The van der Waals surface area contributed by atoms with Crippen LogP contribution in [0.15, 0.2) is 59.6 Å². The van der Waals surface area contributed by atoms with Crippen LogP contribution in [0.5, 0.6) is 0 Å². The molecule has 0 unspecified atom stereocenters. The molecule has 2 aromatic carbocycles. The third kappa shape index (κ3) is 2.12. The molecule has 0 atom stereocenters. The van der Waals surface area contributed by atoms with Gasteiger partial charge in [-0.2, -0.15) is 0 Å². The number of hydrogen-bond donors (Lipinski definition) is 0. The zero-order chi connectivity index (χ0) is 14.3. The van der Waals surface area contributed by atoms with Crippen LogP contribution >= 0.6 is 22.6 Å². The summed E-state index contributed by atoms with van der Waals surface area (Å²) in [5.74, 6) is -0.384. The molecule has 20 heavy (non-hydrogen) atoms. The summed E-state index contributed by atoms with van der Waals surface area (Å²) >= 11 is 2.00. The maximum Gasteiger partial charge on any atom is 0.268 e. The van der Waals surface area contributed by atoms with Crippen molar-refractivity contribution in [1.82, 2.24) is 3.97 Å². The van der Waals surface area contributed by atoms with E-state index in [0.717, 1.165) is 0 Å². The molecule has 3 rings (SSSR count). The summed E-state index contributed by atoms with van der Waals surface area (Å²) < 4.78 is 40.4. The highest BCUT2D eigenvalue weighted by Crippen LogP contribution is 2.27. The molecular formula is C14H9FINO2S. The van der Waals surface area contributed by atoms with E-state index in [9.17, 15) is 12.8 Å². The van der Waals surface area contributed by atoms with Crippen molar-refractivity contribution in [2.75, 3.05) is 0 Å². The number of fused-ring (bicyclic) bond motifs is 1. The zero-order valence-corrected chi connectivity index (χ0v) is 13.1. The van der Waals surface area contributed by atoms with E-state index in [1.807, 2.05) is 22.6 Å². The molecule has 6 heteroatoms. The average molecular weight is 401 g/mol. The quantitative estimate of drug-likeness (QED) is 0.616. The van der Waals surface area contributed by atoms with E-state index in [0.29, 0.717) is 14.5 Å². The van der Waals surface area contributed by atoms with Crippen molar-refractivity contribution in [3.8, 4) is 0 Å². The molecule has 0 fully saturated rings. The SMILES string of the molecule is O=S(=O)(c1ccccc1)n1cc(I)c2cc(F)ccc21. The molecule has 0 radical (unpaired) electrons. The van der Waals surface area contributed by atoms with Crippen LogP contribution in [0.2, 0.25) is 0 Å². The van der Waals surface area contributed by atoms with Crippen molar-refractivity contribution in [2.24, 2.45) is 0 Å². The Morgan fingerprint density at radius 1 is 1.05 bits per heavy atom. The molecule has 3 aromatic rings. The Hall–Kier alpha value is -1.41. The van der Waals surface area contributed by atoms with Gasteiger partial charge in [0, 0.05) is 15.2 Å². The largest absolute Gasteiger partial charge is 0.268 e. The average Bonchev–Trinajstić information content (AvgIpc) is 2.77. The van der Waals surface area contributed by atoms with Gasteiger partial charge in [0.2, 0.25) is 0 Å². The van der Waals surface area contributed by atoms with E-state index in [-0.39, 0.29) is 10.7 Å². The van der Waals surface area contributed by atoms with Crippen molar-refractivity contribution in [1.29, 1.82) is 0 Å². The summed E-state index contributed by atoms with van der Waals surface area (Å²) in [7, 11) is -3.67. The molecule has 0 spiro atoms. The predicted molar refractivity (Wildman–Crippen MR) is 83.6 cm³/mol. The first-order valence-corrected chi connectivity index (χ1v) is 8.29. The number of nitrogens with zero attached hydrogens (tertiary/aromatic N) is 1. The van der Waals surface area contributed by atoms with E-state index in [1.165, 1.54) is 40.5 Å². The first-order valence-electron chi connectivity index (χ1n) is 5.77. The Labute approximate surface area is 129 Å². The molecule has 0 saturated heterocycles. The minimum absolute atomic E-state index is 0.206. The lowest BCUT2D eigenvalue weighted by atomic mass is 10.2. The predicted octanol–water partition coefficient (Wildman–Crippen LogP) is 3.62. The summed E-state index contributed by atoms with van der Waals surface area (Å²) in [6, 6.07) is 12.3. The molecule has 0 N–H and O–H groups in total. The minimum Gasteiger partial charge on any atom is -0.240 e. The van der Waals surface area contributed by atoms with Crippen LogP contribution in [-0.2, 0) is 10.0 Å². The summed E-state index contributed by atoms with van der Waals surface area (Å²) in [5.41, 5.74) is 0.472. The molecule has 1 heterocycles. The van der Waals surface area contributed by atoms with Crippen LogP contribution < -0.4 is 0 Å². The van der Waals surface area contributed by atoms with Crippen molar-refractivity contribution in [3.63, 3.8) is 0 Å². The molecule has 102 valence electrons. The second-order valence-corrected chi connectivity index (χ2v) is 7.23. The molecule has 0 aliphatic carbocycles. The first kappa shape index (κ1) is 13.6. The molecular weight excluding hydrogens is 392 g/mol. The van der Waals surface area contributed by atoms with E-state index in [4.69, 9.17) is 0 Å². The van der Waals surface area contributed by atoms with Gasteiger partial charge in [-0.3, -0.25) is 0 Å². The van der Waals surface area contributed by atoms with Gasteiger partial charge in [0.25, 0.3) is 10.0 Å². The molecule has 0 amide bonds. The van der Waals surface area contributed by atoms with Crippen LogP contribution in [0, 0.1) is 9.39 Å². The number of rotatable bonds is 2. The number of halogens is 2. The fourth-order valence-corrected chi connectivity index (χ4v) is 4.33. The standard InChI is InChI=1S/C14H9FINO2S/c15-10-6-7-14-12(8-10)13(16)9-17(14)20(18,19)11-4-2-1-3-5-11/h1-9H. The molecule has 0 saturated carbocycles. The fourth-order valence-electron chi connectivity index (χ4n) is 2.04. The Morgan fingerprint density at radius 2 is 1.75 bits per heavy atom. The van der Waals surface area contributed by atoms with Gasteiger partial charge in [0.15, 0.2) is 0 Å². The topological polar surface area (TPSA) is 39.1 Å². The van der Waals surface area contributed by atoms with E-state index in [2.05, 4.69) is 0 Å². The highest BCUT2D eigenvalue weighted by molar-refractivity contribution is 14.1. The summed E-state index contributed by atoms with van der Waals surface area (Å²) in [5, 5.41) is 0.588. The lowest BCUT2D eigenvalue weighted by Crippen LogP contribution is -2.11. The van der Waals surface area contributed by atoms with Gasteiger partial charge >= 0.3 is 0 Å². The van der Waals surface area contributed by atoms with Crippen LogP contribution in [-0.4, -0.2) is 12.4 Å². The molecule has 0 aliphatic rings. The van der Waals surface area contributed by atoms with Gasteiger partial charge in [-0.25, -0.2) is 16.8 Å². The number of benzene rings is 2. The van der Waals surface area contributed by atoms with Gasteiger partial charge in [0.05, 0.1) is 10.4 Å². The normalized spacial score (nSPS) is 11.9. The van der Waals surface area contributed by atoms with Crippen molar-refractivity contribution < 1.29 is 12.8 Å². The van der Waals surface area contributed by atoms with Crippen LogP contribution in [0.4, 0.5) is 4.39 Å². The Kier molecular flexibility index (Phi) is 3.29. The Balaban J connectivity index is 2.31. The highest BCUT2D eigenvalue weighted by Gasteiger charge is 2.20.